The first-order valence-electron chi connectivity index (χ1n) is 5.81. The summed E-state index contributed by atoms with van der Waals surface area (Å²) in [5, 5.41) is 3.71. The Bertz CT molecular complexity index is 309. The molecule has 1 saturated heterocycles. The molecule has 5 N–H and O–H groups in total. The van der Waals surface area contributed by atoms with E-state index < -0.39 is 0 Å². The predicted molar refractivity (Wildman–Crippen MR) is 69.1 cm³/mol. The van der Waals surface area contributed by atoms with Gasteiger partial charge in [0.05, 0.1) is 0 Å². The molecule has 1 aromatic rings. The van der Waals surface area contributed by atoms with E-state index in [4.69, 9.17) is 0 Å². The topological polar surface area (TPSA) is 62.8 Å². The third-order valence-corrected chi connectivity index (χ3v) is 3.25. The molecule has 2 heterocycles. The van der Waals surface area contributed by atoms with Gasteiger partial charge in [-0.2, -0.15) is 0 Å². The van der Waals surface area contributed by atoms with Crippen molar-refractivity contribution in [3.8, 4) is 0 Å². The lowest BCUT2D eigenvalue weighted by atomic mass is 9.75. The van der Waals surface area contributed by atoms with Crippen molar-refractivity contribution >= 4 is 0 Å². The Morgan fingerprint density at radius 1 is 1.12 bits per heavy atom. The Morgan fingerprint density at radius 3 is 2.12 bits per heavy atom. The van der Waals surface area contributed by atoms with Gasteiger partial charge < -0.3 is 16.5 Å². The first kappa shape index (κ1) is 13.3. The summed E-state index contributed by atoms with van der Waals surface area (Å²) in [6.45, 7) is 9.18. The van der Waals surface area contributed by atoms with Gasteiger partial charge in [-0.25, -0.2) is 0 Å². The maximum absolute atomic E-state index is 3.71. The van der Waals surface area contributed by atoms with Gasteiger partial charge in [-0.3, -0.25) is 0 Å². The highest BCUT2D eigenvalue weighted by molar-refractivity contribution is 5.15. The van der Waals surface area contributed by atoms with Crippen LogP contribution in [0.4, 0.5) is 0 Å². The fourth-order valence-corrected chi connectivity index (χ4v) is 3.14. The van der Waals surface area contributed by atoms with Crippen LogP contribution in [0.25, 0.3) is 0 Å². The van der Waals surface area contributed by atoms with Crippen molar-refractivity contribution in [1.29, 1.82) is 0 Å². The molecule has 16 heavy (non-hydrogen) atoms. The van der Waals surface area contributed by atoms with E-state index in [1.807, 2.05) is 6.20 Å². The van der Waals surface area contributed by atoms with Crippen LogP contribution in [0.15, 0.2) is 18.3 Å². The van der Waals surface area contributed by atoms with E-state index in [2.05, 4.69) is 50.1 Å². The summed E-state index contributed by atoms with van der Waals surface area (Å²) in [5.74, 6) is 0.659. The fourth-order valence-electron chi connectivity index (χ4n) is 3.14. The second kappa shape index (κ2) is 4.22. The van der Waals surface area contributed by atoms with Crippen molar-refractivity contribution in [2.75, 3.05) is 0 Å². The van der Waals surface area contributed by atoms with Crippen LogP contribution in [0, 0.1) is 0 Å². The number of hydrogen-bond acceptors (Lipinski definition) is 2. The van der Waals surface area contributed by atoms with Crippen molar-refractivity contribution in [3.63, 3.8) is 0 Å². The van der Waals surface area contributed by atoms with E-state index in [1.165, 1.54) is 18.5 Å². The van der Waals surface area contributed by atoms with Crippen LogP contribution in [0.5, 0.6) is 0 Å². The third-order valence-electron chi connectivity index (χ3n) is 3.25. The fraction of sp³-hybridized carbons (Fsp3) is 0.692. The van der Waals surface area contributed by atoms with E-state index in [1.54, 1.807) is 0 Å². The van der Waals surface area contributed by atoms with Crippen LogP contribution in [-0.4, -0.2) is 16.1 Å². The van der Waals surface area contributed by atoms with Gasteiger partial charge in [0.15, 0.2) is 0 Å². The summed E-state index contributed by atoms with van der Waals surface area (Å²) >= 11 is 0. The first-order chi connectivity index (χ1) is 6.88. The van der Waals surface area contributed by atoms with E-state index >= 15 is 0 Å². The molecule has 0 atom stereocenters. The number of hydrogen-bond donors (Lipinski definition) is 3. The molecule has 1 aliphatic heterocycles. The summed E-state index contributed by atoms with van der Waals surface area (Å²) in [4.78, 5) is 3.35. The lowest BCUT2D eigenvalue weighted by Gasteiger charge is -2.46. The highest BCUT2D eigenvalue weighted by Crippen LogP contribution is 2.38. The Morgan fingerprint density at radius 2 is 1.69 bits per heavy atom. The van der Waals surface area contributed by atoms with Crippen molar-refractivity contribution in [2.24, 2.45) is 0 Å². The molecular formula is C13H25N3. The van der Waals surface area contributed by atoms with Crippen LogP contribution < -0.4 is 11.5 Å². The molecule has 92 valence electrons. The monoisotopic (exact) mass is 223 g/mol. The van der Waals surface area contributed by atoms with E-state index in [9.17, 15) is 0 Å². The third kappa shape index (κ3) is 2.86. The second-order valence-electron chi connectivity index (χ2n) is 6.12. The highest BCUT2D eigenvalue weighted by atomic mass is 15.0. The molecule has 0 aliphatic carbocycles. The summed E-state index contributed by atoms with van der Waals surface area (Å²) in [6, 6.07) is 4.31. The normalized spacial score (nSPS) is 23.8. The predicted octanol–water partition coefficient (Wildman–Crippen LogP) is 3.20. The van der Waals surface area contributed by atoms with Crippen LogP contribution >= 0.6 is 0 Å². The molecular weight excluding hydrogens is 198 g/mol. The minimum Gasteiger partial charge on any atom is -0.365 e. The average Bonchev–Trinajstić information content (AvgIpc) is 2.48. The van der Waals surface area contributed by atoms with Crippen molar-refractivity contribution < 1.29 is 0 Å². The number of nitrogens with one attached hydrogen (secondary N) is 2. The molecule has 0 saturated carbocycles. The zero-order valence-corrected chi connectivity index (χ0v) is 10.9. The quantitative estimate of drug-likeness (QED) is 0.684. The van der Waals surface area contributed by atoms with Crippen LogP contribution in [-0.2, 0) is 0 Å². The van der Waals surface area contributed by atoms with Gasteiger partial charge in [0.1, 0.15) is 0 Å². The van der Waals surface area contributed by atoms with Gasteiger partial charge in [0, 0.05) is 28.9 Å². The zero-order chi connectivity index (χ0) is 11.1. The summed E-state index contributed by atoms with van der Waals surface area (Å²) in [5.41, 5.74) is 1.85. The molecule has 0 unspecified atom stereocenters. The molecule has 2 rings (SSSR count). The van der Waals surface area contributed by atoms with Crippen molar-refractivity contribution in [2.45, 2.75) is 57.5 Å². The second-order valence-corrected chi connectivity index (χ2v) is 6.12. The molecule has 1 aromatic heterocycles. The zero-order valence-electron chi connectivity index (χ0n) is 10.9. The average molecular weight is 223 g/mol. The minimum absolute atomic E-state index is 0. The van der Waals surface area contributed by atoms with Gasteiger partial charge in [0.25, 0.3) is 0 Å². The number of H-pyrrole nitrogens is 1. The Hall–Kier alpha value is -0.800. The Labute approximate surface area is 98.6 Å². The number of piperidine rings is 1. The van der Waals surface area contributed by atoms with E-state index in [-0.39, 0.29) is 17.2 Å². The Kier molecular flexibility index (Phi) is 3.50. The van der Waals surface area contributed by atoms with Gasteiger partial charge in [-0.15, -0.1) is 0 Å². The molecule has 3 heteroatoms. The highest BCUT2D eigenvalue weighted by Gasteiger charge is 2.38. The van der Waals surface area contributed by atoms with Crippen molar-refractivity contribution in [3.05, 3.63) is 24.0 Å². The van der Waals surface area contributed by atoms with Crippen molar-refractivity contribution in [1.82, 2.24) is 16.5 Å². The molecule has 0 spiro atoms. The van der Waals surface area contributed by atoms with Gasteiger partial charge >= 0.3 is 0 Å². The van der Waals surface area contributed by atoms with E-state index in [0.29, 0.717) is 5.92 Å². The standard InChI is InChI=1S/C13H22N2.H3N/c1-12(2)8-10(9-13(3,4)15-12)11-6-5-7-14-11;/h5-7,10,14-15H,8-9H2,1-4H3;1H3. The SMILES string of the molecule is CC1(C)CC(c2ccc[nH]2)CC(C)(C)N1.N. The lowest BCUT2D eigenvalue weighted by Crippen LogP contribution is -2.57. The maximum atomic E-state index is 3.71. The van der Waals surface area contributed by atoms with Gasteiger partial charge in [-0.1, -0.05) is 0 Å². The number of aromatic nitrogens is 1. The summed E-state index contributed by atoms with van der Waals surface area (Å²) in [6.07, 6.45) is 4.44. The molecule has 0 radical (unpaired) electrons. The largest absolute Gasteiger partial charge is 0.365 e. The van der Waals surface area contributed by atoms with Crippen LogP contribution in [0.1, 0.15) is 52.1 Å². The molecule has 1 fully saturated rings. The molecule has 3 nitrogen and oxygen atoms in total. The lowest BCUT2D eigenvalue weighted by molar-refractivity contribution is 0.160. The van der Waals surface area contributed by atoms with Crippen LogP contribution in [0.2, 0.25) is 0 Å². The molecule has 0 aromatic carbocycles. The Balaban J connectivity index is 0.00000128. The van der Waals surface area contributed by atoms with Gasteiger partial charge in [0.2, 0.25) is 0 Å². The first-order valence-corrected chi connectivity index (χ1v) is 5.81. The minimum atomic E-state index is 0. The smallest absolute Gasteiger partial charge is 0.0180 e. The molecule has 0 bridgehead atoms. The molecule has 1 aliphatic rings. The van der Waals surface area contributed by atoms with E-state index in [0.717, 1.165) is 0 Å². The molecule has 0 amide bonds. The summed E-state index contributed by atoms with van der Waals surface area (Å²) in [7, 11) is 0. The number of aromatic amines is 1. The summed E-state index contributed by atoms with van der Waals surface area (Å²) < 4.78 is 0. The number of rotatable bonds is 1. The van der Waals surface area contributed by atoms with Crippen LogP contribution in [0.3, 0.4) is 0 Å². The van der Waals surface area contributed by atoms with Gasteiger partial charge in [-0.05, 0) is 52.7 Å². The maximum Gasteiger partial charge on any atom is 0.0180 e.